The van der Waals surface area contributed by atoms with Crippen LogP contribution in [0.1, 0.15) is 43.0 Å². The van der Waals surface area contributed by atoms with Gasteiger partial charge in [0.15, 0.2) is 0 Å². The number of nitrogens with zero attached hydrogens (tertiary/aromatic N) is 1. The Hall–Kier alpha value is -0.830. The molecule has 0 heterocycles. The van der Waals surface area contributed by atoms with Crippen molar-refractivity contribution < 1.29 is 4.79 Å². The van der Waals surface area contributed by atoms with Crippen molar-refractivity contribution in [1.29, 1.82) is 0 Å². The normalized spacial score (nSPS) is 23.7. The van der Waals surface area contributed by atoms with Crippen molar-refractivity contribution in [3.05, 3.63) is 34.3 Å². The molecular formula is C15H20BrNO. The zero-order chi connectivity index (χ0) is 13.1. The van der Waals surface area contributed by atoms with Gasteiger partial charge in [0, 0.05) is 23.1 Å². The summed E-state index contributed by atoms with van der Waals surface area (Å²) in [5.41, 5.74) is 0.768. The van der Waals surface area contributed by atoms with Gasteiger partial charge >= 0.3 is 0 Å². The van der Waals surface area contributed by atoms with E-state index >= 15 is 0 Å². The molecule has 0 aliphatic heterocycles. The lowest BCUT2D eigenvalue weighted by molar-refractivity contribution is 0.0629. The molecule has 1 aliphatic rings. The van der Waals surface area contributed by atoms with Crippen molar-refractivity contribution in [2.24, 2.45) is 5.92 Å². The summed E-state index contributed by atoms with van der Waals surface area (Å²) in [4.78, 5) is 14.4. The van der Waals surface area contributed by atoms with Gasteiger partial charge in [0.25, 0.3) is 5.91 Å². The van der Waals surface area contributed by atoms with Crippen LogP contribution in [0.5, 0.6) is 0 Å². The second-order valence-corrected chi connectivity index (χ2v) is 6.17. The molecule has 0 bridgehead atoms. The Balaban J connectivity index is 2.13. The van der Waals surface area contributed by atoms with Crippen molar-refractivity contribution in [3.8, 4) is 0 Å². The van der Waals surface area contributed by atoms with E-state index in [9.17, 15) is 4.79 Å². The standard InChI is InChI=1S/C15H20BrNO/c1-11-6-3-4-9-14(11)17(2)15(18)12-7-5-8-13(16)10-12/h5,7-8,10-11,14H,3-4,6,9H2,1-2H3. The Kier molecular flexibility index (Phi) is 4.44. The highest BCUT2D eigenvalue weighted by Crippen LogP contribution is 2.28. The van der Waals surface area contributed by atoms with Crippen LogP contribution in [0.4, 0.5) is 0 Å². The number of hydrogen-bond donors (Lipinski definition) is 0. The lowest BCUT2D eigenvalue weighted by Crippen LogP contribution is -2.42. The van der Waals surface area contributed by atoms with Crippen LogP contribution in [0.3, 0.4) is 0 Å². The van der Waals surface area contributed by atoms with Gasteiger partial charge in [0.2, 0.25) is 0 Å². The molecule has 0 aromatic heterocycles. The Morgan fingerprint density at radius 1 is 1.33 bits per heavy atom. The number of rotatable bonds is 2. The van der Waals surface area contributed by atoms with E-state index in [1.807, 2.05) is 36.2 Å². The third-order valence-electron chi connectivity index (χ3n) is 3.96. The molecule has 3 heteroatoms. The Morgan fingerprint density at radius 2 is 2.06 bits per heavy atom. The average Bonchev–Trinajstić information content (AvgIpc) is 2.37. The van der Waals surface area contributed by atoms with E-state index in [1.54, 1.807) is 0 Å². The van der Waals surface area contributed by atoms with E-state index in [2.05, 4.69) is 22.9 Å². The second kappa shape index (κ2) is 5.87. The largest absolute Gasteiger partial charge is 0.338 e. The fourth-order valence-corrected chi connectivity index (χ4v) is 3.25. The molecule has 2 atom stereocenters. The summed E-state index contributed by atoms with van der Waals surface area (Å²) in [5, 5.41) is 0. The molecule has 2 rings (SSSR count). The summed E-state index contributed by atoms with van der Waals surface area (Å²) < 4.78 is 0.957. The van der Waals surface area contributed by atoms with Crippen LogP contribution in [0.25, 0.3) is 0 Å². The topological polar surface area (TPSA) is 20.3 Å². The summed E-state index contributed by atoms with van der Waals surface area (Å²) in [6.45, 7) is 2.26. The third kappa shape index (κ3) is 2.94. The first kappa shape index (κ1) is 13.6. The van der Waals surface area contributed by atoms with Gasteiger partial charge in [0.05, 0.1) is 0 Å². The lowest BCUT2D eigenvalue weighted by Gasteiger charge is -2.36. The summed E-state index contributed by atoms with van der Waals surface area (Å²) in [7, 11) is 1.94. The van der Waals surface area contributed by atoms with E-state index in [1.165, 1.54) is 19.3 Å². The number of benzene rings is 1. The molecule has 2 nitrogen and oxygen atoms in total. The Morgan fingerprint density at radius 3 is 2.72 bits per heavy atom. The van der Waals surface area contributed by atoms with Gasteiger partial charge in [-0.1, -0.05) is 41.8 Å². The summed E-state index contributed by atoms with van der Waals surface area (Å²) >= 11 is 3.42. The first-order valence-corrected chi connectivity index (χ1v) is 7.41. The van der Waals surface area contributed by atoms with Gasteiger partial charge < -0.3 is 4.90 Å². The summed E-state index contributed by atoms with van der Waals surface area (Å²) in [5.74, 6) is 0.745. The van der Waals surface area contributed by atoms with Gasteiger partial charge in [-0.3, -0.25) is 4.79 Å². The van der Waals surface area contributed by atoms with Gasteiger partial charge in [-0.2, -0.15) is 0 Å². The summed E-state index contributed by atoms with van der Waals surface area (Å²) in [6, 6.07) is 8.03. The molecule has 0 spiro atoms. The Bertz CT molecular complexity index is 432. The molecule has 0 saturated heterocycles. The van der Waals surface area contributed by atoms with Gasteiger partial charge in [-0.05, 0) is 37.0 Å². The van der Waals surface area contributed by atoms with Crippen LogP contribution in [0.15, 0.2) is 28.7 Å². The molecule has 18 heavy (non-hydrogen) atoms. The number of hydrogen-bond acceptors (Lipinski definition) is 1. The van der Waals surface area contributed by atoms with Crippen molar-refractivity contribution in [3.63, 3.8) is 0 Å². The predicted molar refractivity (Wildman–Crippen MR) is 77.7 cm³/mol. The van der Waals surface area contributed by atoms with E-state index < -0.39 is 0 Å². The van der Waals surface area contributed by atoms with E-state index in [0.29, 0.717) is 12.0 Å². The lowest BCUT2D eigenvalue weighted by atomic mass is 9.85. The third-order valence-corrected chi connectivity index (χ3v) is 4.45. The second-order valence-electron chi connectivity index (χ2n) is 5.26. The van der Waals surface area contributed by atoms with Crippen molar-refractivity contribution in [2.75, 3.05) is 7.05 Å². The minimum absolute atomic E-state index is 0.134. The van der Waals surface area contributed by atoms with Crippen LogP contribution < -0.4 is 0 Å². The van der Waals surface area contributed by atoms with E-state index in [0.717, 1.165) is 16.5 Å². The monoisotopic (exact) mass is 309 g/mol. The zero-order valence-electron chi connectivity index (χ0n) is 11.0. The maximum absolute atomic E-state index is 12.4. The minimum Gasteiger partial charge on any atom is -0.338 e. The van der Waals surface area contributed by atoms with Gasteiger partial charge in [0.1, 0.15) is 0 Å². The maximum atomic E-state index is 12.4. The molecule has 1 aromatic carbocycles. The summed E-state index contributed by atoms with van der Waals surface area (Å²) in [6.07, 6.45) is 4.92. The first-order valence-electron chi connectivity index (χ1n) is 6.62. The minimum atomic E-state index is 0.134. The quantitative estimate of drug-likeness (QED) is 0.805. The van der Waals surface area contributed by atoms with E-state index in [-0.39, 0.29) is 5.91 Å². The number of halogens is 1. The van der Waals surface area contributed by atoms with Crippen LogP contribution in [0, 0.1) is 5.92 Å². The first-order chi connectivity index (χ1) is 8.59. The molecule has 0 radical (unpaired) electrons. The van der Waals surface area contributed by atoms with Crippen molar-refractivity contribution >= 4 is 21.8 Å². The number of carbonyl (C=O) groups excluding carboxylic acids is 1. The molecule has 0 N–H and O–H groups in total. The van der Waals surface area contributed by atoms with Crippen molar-refractivity contribution in [1.82, 2.24) is 4.90 Å². The molecule has 98 valence electrons. The highest BCUT2D eigenvalue weighted by molar-refractivity contribution is 9.10. The van der Waals surface area contributed by atoms with Gasteiger partial charge in [-0.15, -0.1) is 0 Å². The van der Waals surface area contributed by atoms with Crippen LogP contribution in [-0.2, 0) is 0 Å². The number of carbonyl (C=O) groups is 1. The fourth-order valence-electron chi connectivity index (χ4n) is 2.85. The SMILES string of the molecule is CC1CCCCC1N(C)C(=O)c1cccc(Br)c1. The molecule has 1 aromatic rings. The van der Waals surface area contributed by atoms with Gasteiger partial charge in [-0.25, -0.2) is 0 Å². The van der Waals surface area contributed by atoms with Crippen molar-refractivity contribution in [2.45, 2.75) is 38.6 Å². The molecule has 1 amide bonds. The molecule has 1 fully saturated rings. The molecule has 2 unspecified atom stereocenters. The molecular weight excluding hydrogens is 290 g/mol. The fraction of sp³-hybridized carbons (Fsp3) is 0.533. The highest BCUT2D eigenvalue weighted by atomic mass is 79.9. The van der Waals surface area contributed by atoms with Crippen LogP contribution >= 0.6 is 15.9 Å². The average molecular weight is 310 g/mol. The predicted octanol–water partition coefficient (Wildman–Crippen LogP) is 4.10. The van der Waals surface area contributed by atoms with E-state index in [4.69, 9.17) is 0 Å². The Labute approximate surface area is 117 Å². The van der Waals surface area contributed by atoms with Crippen LogP contribution in [0.2, 0.25) is 0 Å². The van der Waals surface area contributed by atoms with Crippen LogP contribution in [-0.4, -0.2) is 23.9 Å². The maximum Gasteiger partial charge on any atom is 0.253 e. The highest BCUT2D eigenvalue weighted by Gasteiger charge is 2.28. The molecule has 1 saturated carbocycles. The zero-order valence-corrected chi connectivity index (χ0v) is 12.6. The number of amides is 1. The smallest absolute Gasteiger partial charge is 0.253 e. The molecule has 1 aliphatic carbocycles.